The summed E-state index contributed by atoms with van der Waals surface area (Å²) in [6.45, 7) is 15.1. The average Bonchev–Trinajstić information content (AvgIpc) is 3.37. The molecule has 5 rings (SSSR count). The Hall–Kier alpha value is -4.44. The van der Waals surface area contributed by atoms with E-state index in [1.165, 1.54) is 0 Å². The number of hydrogen-bond acceptors (Lipinski definition) is 7. The Kier molecular flexibility index (Phi) is 11.0. The SMILES string of the molecule is C/C=C\c1c(C(=O)NCc2ccc3cc(CN(CC4CCC4)C(=O)OC(C)(C)C)n(C(=O)OC(C)(C)C)c3c2)cncc1C1=CCOCC1. The van der Waals surface area contributed by atoms with Crippen molar-refractivity contribution in [1.82, 2.24) is 19.8 Å². The maximum absolute atomic E-state index is 13.8. The van der Waals surface area contributed by atoms with Crippen molar-refractivity contribution in [3.8, 4) is 0 Å². The normalized spacial score (nSPS) is 15.5. The van der Waals surface area contributed by atoms with Gasteiger partial charge in [-0.05, 0) is 102 Å². The lowest BCUT2D eigenvalue weighted by Gasteiger charge is -2.33. The lowest BCUT2D eigenvalue weighted by atomic mass is 9.85. The summed E-state index contributed by atoms with van der Waals surface area (Å²) in [5.74, 6) is 0.155. The van der Waals surface area contributed by atoms with Crippen LogP contribution in [0.4, 0.5) is 9.59 Å². The molecule has 1 N–H and O–H groups in total. The van der Waals surface area contributed by atoms with Crippen LogP contribution in [0.15, 0.2) is 48.8 Å². The molecule has 10 nitrogen and oxygen atoms in total. The van der Waals surface area contributed by atoms with Crippen LogP contribution in [0.1, 0.15) is 107 Å². The van der Waals surface area contributed by atoms with E-state index in [0.717, 1.165) is 53.3 Å². The lowest BCUT2D eigenvalue weighted by molar-refractivity contribution is 0.0163. The first kappa shape index (κ1) is 35.9. The molecule has 1 fully saturated rings. The van der Waals surface area contributed by atoms with E-state index in [9.17, 15) is 14.4 Å². The van der Waals surface area contributed by atoms with Crippen LogP contribution >= 0.6 is 0 Å². The number of carbonyl (C=O) groups is 3. The van der Waals surface area contributed by atoms with Gasteiger partial charge in [0.25, 0.3) is 5.91 Å². The van der Waals surface area contributed by atoms with E-state index in [1.807, 2.05) is 91.0 Å². The third-order valence-corrected chi connectivity index (χ3v) is 8.56. The first-order valence-electron chi connectivity index (χ1n) is 17.2. The van der Waals surface area contributed by atoms with E-state index >= 15 is 0 Å². The van der Waals surface area contributed by atoms with Crippen molar-refractivity contribution in [2.24, 2.45) is 5.92 Å². The van der Waals surface area contributed by atoms with Gasteiger partial charge in [-0.15, -0.1) is 0 Å². The Bertz CT molecular complexity index is 1750. The highest BCUT2D eigenvalue weighted by atomic mass is 16.6. The van der Waals surface area contributed by atoms with Gasteiger partial charge in [-0.1, -0.05) is 36.8 Å². The van der Waals surface area contributed by atoms with Crippen LogP contribution in [-0.4, -0.2) is 63.5 Å². The highest BCUT2D eigenvalue weighted by molar-refractivity contribution is 5.99. The number of benzene rings is 1. The number of allylic oxidation sites excluding steroid dienone is 1. The van der Waals surface area contributed by atoms with E-state index in [1.54, 1.807) is 21.9 Å². The van der Waals surface area contributed by atoms with Crippen molar-refractivity contribution in [1.29, 1.82) is 0 Å². The maximum atomic E-state index is 13.8. The van der Waals surface area contributed by atoms with Crippen molar-refractivity contribution in [2.75, 3.05) is 19.8 Å². The van der Waals surface area contributed by atoms with Crippen LogP contribution in [0.3, 0.4) is 0 Å². The summed E-state index contributed by atoms with van der Waals surface area (Å²) in [5.41, 5.74) is 4.01. The van der Waals surface area contributed by atoms with Gasteiger partial charge < -0.3 is 24.4 Å². The molecule has 0 atom stereocenters. The Morgan fingerprint density at radius 1 is 1.06 bits per heavy atom. The quantitative estimate of drug-likeness (QED) is 0.245. The van der Waals surface area contributed by atoms with E-state index in [0.29, 0.717) is 42.5 Å². The Balaban J connectivity index is 1.44. The number of amides is 2. The molecule has 1 aliphatic heterocycles. The summed E-state index contributed by atoms with van der Waals surface area (Å²) in [4.78, 5) is 46.8. The molecule has 10 heteroatoms. The minimum Gasteiger partial charge on any atom is -0.444 e. The summed E-state index contributed by atoms with van der Waals surface area (Å²) in [6, 6.07) is 7.67. The van der Waals surface area contributed by atoms with Crippen molar-refractivity contribution in [2.45, 2.75) is 98.4 Å². The largest absolute Gasteiger partial charge is 0.444 e. The van der Waals surface area contributed by atoms with Gasteiger partial charge in [-0.25, -0.2) is 14.2 Å². The maximum Gasteiger partial charge on any atom is 0.419 e. The second-order valence-corrected chi connectivity index (χ2v) is 14.9. The van der Waals surface area contributed by atoms with Gasteiger partial charge in [0.15, 0.2) is 0 Å². The van der Waals surface area contributed by atoms with Crippen LogP contribution < -0.4 is 5.32 Å². The number of nitrogens with one attached hydrogen (secondary N) is 1. The standard InChI is InChI=1S/C39H50N4O6/c1-8-10-31-32(28-15-17-47-18-16-28)22-40-23-33(31)35(44)41-21-27-13-14-29-20-30(43(34(29)19-27)37(46)49-39(5,6)7)25-42(24-26-11-9-12-26)36(45)48-38(2,3)4/h8,10,13-15,19-20,22-23,26H,9,11-12,16-18,21,24-25H2,1-7H3,(H,41,44)/b10-8-. The fourth-order valence-corrected chi connectivity index (χ4v) is 6.07. The molecule has 1 saturated carbocycles. The van der Waals surface area contributed by atoms with Crippen molar-refractivity contribution >= 4 is 40.6 Å². The van der Waals surface area contributed by atoms with Gasteiger partial charge in [0.05, 0.1) is 30.8 Å². The number of pyridine rings is 1. The van der Waals surface area contributed by atoms with Crippen LogP contribution in [0.25, 0.3) is 22.6 Å². The Morgan fingerprint density at radius 2 is 1.82 bits per heavy atom. The summed E-state index contributed by atoms with van der Waals surface area (Å²) in [5, 5.41) is 3.87. The zero-order valence-corrected chi connectivity index (χ0v) is 29.9. The van der Waals surface area contributed by atoms with E-state index in [4.69, 9.17) is 14.2 Å². The first-order valence-corrected chi connectivity index (χ1v) is 17.2. The number of fused-ring (bicyclic) bond motifs is 1. The molecule has 0 bridgehead atoms. The van der Waals surface area contributed by atoms with Crippen LogP contribution in [-0.2, 0) is 27.3 Å². The molecule has 2 aliphatic rings. The van der Waals surface area contributed by atoms with Crippen molar-refractivity contribution in [3.05, 3.63) is 76.8 Å². The molecule has 0 unspecified atom stereocenters. The molecule has 49 heavy (non-hydrogen) atoms. The van der Waals surface area contributed by atoms with Crippen molar-refractivity contribution < 1.29 is 28.6 Å². The third kappa shape index (κ3) is 9.17. The predicted octanol–water partition coefficient (Wildman–Crippen LogP) is 8.12. The van der Waals surface area contributed by atoms with Gasteiger partial charge in [-0.2, -0.15) is 0 Å². The molecule has 0 radical (unpaired) electrons. The van der Waals surface area contributed by atoms with Crippen LogP contribution in [0.2, 0.25) is 0 Å². The summed E-state index contributed by atoms with van der Waals surface area (Å²) in [7, 11) is 0. The average molecular weight is 671 g/mol. The molecule has 3 heterocycles. The molecule has 2 amide bonds. The number of rotatable bonds is 9. The fourth-order valence-electron chi connectivity index (χ4n) is 6.07. The van der Waals surface area contributed by atoms with Gasteiger partial charge in [-0.3, -0.25) is 9.78 Å². The number of carbonyl (C=O) groups excluding carboxylic acids is 3. The highest BCUT2D eigenvalue weighted by Crippen LogP contribution is 2.31. The number of ether oxygens (including phenoxy) is 3. The van der Waals surface area contributed by atoms with E-state index in [2.05, 4.69) is 10.3 Å². The molecule has 0 saturated heterocycles. The number of hydrogen-bond donors (Lipinski definition) is 1. The minimum absolute atomic E-state index is 0.186. The molecule has 3 aromatic rings. The molecule has 262 valence electrons. The zero-order valence-electron chi connectivity index (χ0n) is 29.9. The molecule has 0 spiro atoms. The van der Waals surface area contributed by atoms with Crippen molar-refractivity contribution in [3.63, 3.8) is 0 Å². The molecule has 1 aromatic carbocycles. The monoisotopic (exact) mass is 670 g/mol. The predicted molar refractivity (Wildman–Crippen MR) is 191 cm³/mol. The molecular formula is C39H50N4O6. The molecule has 2 aromatic heterocycles. The van der Waals surface area contributed by atoms with E-state index in [-0.39, 0.29) is 19.0 Å². The second kappa shape index (κ2) is 15.0. The van der Waals surface area contributed by atoms with Gasteiger partial charge in [0.2, 0.25) is 0 Å². The summed E-state index contributed by atoms with van der Waals surface area (Å²) in [6.07, 6.45) is 12.4. The molecule has 1 aliphatic carbocycles. The lowest BCUT2D eigenvalue weighted by Crippen LogP contribution is -2.41. The Morgan fingerprint density at radius 3 is 2.45 bits per heavy atom. The summed E-state index contributed by atoms with van der Waals surface area (Å²) >= 11 is 0. The fraction of sp³-hybridized carbons (Fsp3) is 0.487. The summed E-state index contributed by atoms with van der Waals surface area (Å²) < 4.78 is 18.7. The number of aromatic nitrogens is 2. The van der Waals surface area contributed by atoms with E-state index < -0.39 is 23.4 Å². The van der Waals surface area contributed by atoms with Gasteiger partial charge in [0, 0.05) is 42.1 Å². The highest BCUT2D eigenvalue weighted by Gasteiger charge is 2.30. The second-order valence-electron chi connectivity index (χ2n) is 14.9. The van der Waals surface area contributed by atoms with Crippen LogP contribution in [0.5, 0.6) is 0 Å². The Labute approximate surface area is 289 Å². The zero-order chi connectivity index (χ0) is 35.3. The van der Waals surface area contributed by atoms with Gasteiger partial charge >= 0.3 is 12.2 Å². The third-order valence-electron chi connectivity index (χ3n) is 8.56. The minimum atomic E-state index is -0.735. The molecular weight excluding hydrogens is 620 g/mol. The smallest absolute Gasteiger partial charge is 0.419 e. The van der Waals surface area contributed by atoms with Gasteiger partial charge in [0.1, 0.15) is 11.2 Å². The van der Waals surface area contributed by atoms with Crippen LogP contribution in [0, 0.1) is 5.92 Å². The first-order chi connectivity index (χ1) is 23.2. The number of nitrogens with zero attached hydrogens (tertiary/aromatic N) is 3. The topological polar surface area (TPSA) is 112 Å².